The predicted molar refractivity (Wildman–Crippen MR) is 116 cm³/mol. The summed E-state index contributed by atoms with van der Waals surface area (Å²) in [6.45, 7) is 0. The molecule has 5 aromatic rings. The number of aromatic nitrogens is 2. The first-order valence-corrected chi connectivity index (χ1v) is 9.29. The Balaban J connectivity index is 1.98. The minimum Gasteiger partial charge on any atom is -0.399 e. The van der Waals surface area contributed by atoms with E-state index < -0.39 is 0 Å². The Morgan fingerprint density at radius 3 is 2.04 bits per heavy atom. The highest BCUT2D eigenvalue weighted by Crippen LogP contribution is 2.42. The molecule has 0 aliphatic rings. The molecular weight excluding hydrogens is 342 g/mol. The van der Waals surface area contributed by atoms with Crippen molar-refractivity contribution in [3.8, 4) is 28.2 Å². The first-order valence-electron chi connectivity index (χ1n) is 9.29. The Labute approximate surface area is 163 Å². The highest BCUT2D eigenvalue weighted by molar-refractivity contribution is 6.06. The minimum atomic E-state index is 0.752. The van der Waals surface area contributed by atoms with E-state index in [2.05, 4.69) is 70.2 Å². The number of nitrogen functional groups attached to an aromatic ring is 1. The third-order valence-electron chi connectivity index (χ3n) is 4.98. The molecule has 3 aromatic carbocycles. The maximum Gasteiger partial charge on any atom is 0.137 e. The number of nitrogens with zero attached hydrogens (tertiary/aromatic N) is 2. The van der Waals surface area contributed by atoms with E-state index in [0.29, 0.717) is 0 Å². The van der Waals surface area contributed by atoms with Gasteiger partial charge in [-0.25, -0.2) is 4.98 Å². The molecule has 0 aliphatic carbocycles. The Morgan fingerprint density at radius 2 is 1.36 bits per heavy atom. The van der Waals surface area contributed by atoms with E-state index in [1.807, 2.05) is 42.6 Å². The van der Waals surface area contributed by atoms with E-state index in [1.54, 1.807) is 0 Å². The molecule has 2 aromatic heterocycles. The Hall–Kier alpha value is -3.85. The van der Waals surface area contributed by atoms with Gasteiger partial charge >= 0.3 is 0 Å². The first-order chi connectivity index (χ1) is 13.8. The summed E-state index contributed by atoms with van der Waals surface area (Å²) in [4.78, 5) is 4.65. The van der Waals surface area contributed by atoms with Crippen molar-refractivity contribution in [2.24, 2.45) is 0 Å². The van der Waals surface area contributed by atoms with Crippen LogP contribution in [0.4, 0.5) is 5.69 Å². The number of hydrogen-bond acceptors (Lipinski definition) is 2. The summed E-state index contributed by atoms with van der Waals surface area (Å²) in [5, 5.41) is 1.12. The zero-order valence-electron chi connectivity index (χ0n) is 15.3. The van der Waals surface area contributed by atoms with Gasteiger partial charge in [-0.2, -0.15) is 0 Å². The van der Waals surface area contributed by atoms with E-state index in [-0.39, 0.29) is 0 Å². The van der Waals surface area contributed by atoms with E-state index in [1.165, 1.54) is 5.56 Å². The van der Waals surface area contributed by atoms with Crippen molar-refractivity contribution in [3.05, 3.63) is 103 Å². The molecule has 2 heterocycles. The quantitative estimate of drug-likeness (QED) is 0.404. The van der Waals surface area contributed by atoms with Gasteiger partial charge in [0.1, 0.15) is 5.82 Å². The molecule has 3 nitrogen and oxygen atoms in total. The lowest BCUT2D eigenvalue weighted by atomic mass is 9.98. The molecule has 0 atom stereocenters. The van der Waals surface area contributed by atoms with E-state index in [4.69, 9.17) is 5.73 Å². The number of nitrogens with two attached hydrogens (primary N) is 1. The van der Waals surface area contributed by atoms with Crippen LogP contribution in [0.15, 0.2) is 103 Å². The van der Waals surface area contributed by atoms with Gasteiger partial charge in [-0.05, 0) is 41.5 Å². The van der Waals surface area contributed by atoms with Crippen LogP contribution in [-0.4, -0.2) is 9.55 Å². The maximum absolute atomic E-state index is 6.18. The van der Waals surface area contributed by atoms with E-state index >= 15 is 0 Å². The van der Waals surface area contributed by atoms with Gasteiger partial charge in [-0.1, -0.05) is 66.7 Å². The Morgan fingerprint density at radius 1 is 0.679 bits per heavy atom. The van der Waals surface area contributed by atoms with Crippen LogP contribution in [0.2, 0.25) is 0 Å². The third kappa shape index (κ3) is 2.65. The van der Waals surface area contributed by atoms with E-state index in [9.17, 15) is 0 Å². The first kappa shape index (κ1) is 16.3. The van der Waals surface area contributed by atoms with E-state index in [0.717, 1.165) is 39.2 Å². The van der Waals surface area contributed by atoms with Crippen molar-refractivity contribution >= 4 is 16.6 Å². The van der Waals surface area contributed by atoms with Gasteiger partial charge in [0.2, 0.25) is 0 Å². The largest absolute Gasteiger partial charge is 0.399 e. The highest BCUT2D eigenvalue weighted by Gasteiger charge is 2.21. The van der Waals surface area contributed by atoms with Crippen molar-refractivity contribution in [3.63, 3.8) is 0 Å². The molecule has 0 radical (unpaired) electrons. The number of fused-ring (bicyclic) bond motifs is 1. The maximum atomic E-state index is 6.18. The standard InChI is InChI=1S/C25H19N3/c26-20-14-15-22-21(17-20)24(18-9-3-1-4-10-18)25(19-11-5-2-6-12-19)28(22)23-13-7-8-16-27-23/h1-17H,26H2. The summed E-state index contributed by atoms with van der Waals surface area (Å²) < 4.78 is 2.23. The molecule has 0 saturated carbocycles. The Kier molecular flexibility index (Phi) is 3.91. The van der Waals surface area contributed by atoms with Crippen LogP contribution >= 0.6 is 0 Å². The lowest BCUT2D eigenvalue weighted by molar-refractivity contribution is 1.05. The summed E-state index contributed by atoms with van der Waals surface area (Å²) in [6, 6.07) is 33.0. The topological polar surface area (TPSA) is 43.8 Å². The van der Waals surface area contributed by atoms with Crippen LogP contribution in [-0.2, 0) is 0 Å². The molecule has 134 valence electrons. The normalized spacial score (nSPS) is 11.0. The number of pyridine rings is 1. The van der Waals surface area contributed by atoms with Crippen molar-refractivity contribution in [2.45, 2.75) is 0 Å². The van der Waals surface area contributed by atoms with Gasteiger partial charge in [0.15, 0.2) is 0 Å². The van der Waals surface area contributed by atoms with Crippen LogP contribution in [0.1, 0.15) is 0 Å². The number of hydrogen-bond donors (Lipinski definition) is 1. The summed E-state index contributed by atoms with van der Waals surface area (Å²) in [5.41, 5.74) is 12.6. The number of rotatable bonds is 3. The molecular formula is C25H19N3. The second kappa shape index (κ2) is 6.71. The fourth-order valence-electron chi connectivity index (χ4n) is 3.80. The summed E-state index contributed by atoms with van der Waals surface area (Å²) >= 11 is 0. The third-order valence-corrected chi connectivity index (χ3v) is 4.98. The van der Waals surface area contributed by atoms with Crippen LogP contribution < -0.4 is 5.73 Å². The summed E-state index contributed by atoms with van der Waals surface area (Å²) in [6.07, 6.45) is 1.83. The molecule has 0 spiro atoms. The molecule has 28 heavy (non-hydrogen) atoms. The van der Waals surface area contributed by atoms with Crippen molar-refractivity contribution in [1.82, 2.24) is 9.55 Å². The molecule has 0 aliphatic heterocycles. The second-order valence-electron chi connectivity index (χ2n) is 6.76. The average molecular weight is 361 g/mol. The van der Waals surface area contributed by atoms with Gasteiger partial charge < -0.3 is 5.73 Å². The second-order valence-corrected chi connectivity index (χ2v) is 6.76. The highest BCUT2D eigenvalue weighted by atomic mass is 15.1. The zero-order valence-corrected chi connectivity index (χ0v) is 15.3. The van der Waals surface area contributed by atoms with Gasteiger partial charge in [0.25, 0.3) is 0 Å². The predicted octanol–water partition coefficient (Wildman–Crippen LogP) is 5.94. The van der Waals surface area contributed by atoms with Gasteiger partial charge in [0, 0.05) is 22.8 Å². The minimum absolute atomic E-state index is 0.752. The van der Waals surface area contributed by atoms with Crippen LogP contribution in [0.3, 0.4) is 0 Å². The van der Waals surface area contributed by atoms with Crippen molar-refractivity contribution in [1.29, 1.82) is 0 Å². The van der Waals surface area contributed by atoms with Crippen molar-refractivity contribution < 1.29 is 0 Å². The van der Waals surface area contributed by atoms with Gasteiger partial charge in [-0.15, -0.1) is 0 Å². The lowest BCUT2D eigenvalue weighted by Gasteiger charge is -2.12. The van der Waals surface area contributed by atoms with Crippen LogP contribution in [0.5, 0.6) is 0 Å². The molecule has 0 saturated heterocycles. The fourth-order valence-corrected chi connectivity index (χ4v) is 3.80. The van der Waals surface area contributed by atoms with Crippen LogP contribution in [0.25, 0.3) is 39.1 Å². The van der Waals surface area contributed by atoms with Gasteiger partial charge in [-0.3, -0.25) is 4.57 Å². The molecule has 0 unspecified atom stereocenters. The molecule has 2 N–H and O–H groups in total. The average Bonchev–Trinajstić information content (AvgIpc) is 3.10. The number of anilines is 1. The molecule has 0 amide bonds. The lowest BCUT2D eigenvalue weighted by Crippen LogP contribution is -1.99. The van der Waals surface area contributed by atoms with Crippen molar-refractivity contribution in [2.75, 3.05) is 5.73 Å². The number of benzene rings is 3. The zero-order chi connectivity index (χ0) is 18.9. The molecule has 5 rings (SSSR count). The van der Waals surface area contributed by atoms with Crippen LogP contribution in [0, 0.1) is 0 Å². The van der Waals surface area contributed by atoms with Gasteiger partial charge in [0.05, 0.1) is 11.2 Å². The smallest absolute Gasteiger partial charge is 0.137 e. The molecule has 0 fully saturated rings. The monoisotopic (exact) mass is 361 g/mol. The Bertz CT molecular complexity index is 1240. The fraction of sp³-hybridized carbons (Fsp3) is 0. The molecule has 3 heteroatoms. The summed E-state index contributed by atoms with van der Waals surface area (Å²) in [7, 11) is 0. The molecule has 0 bridgehead atoms. The summed E-state index contributed by atoms with van der Waals surface area (Å²) in [5.74, 6) is 0.887. The SMILES string of the molecule is Nc1ccc2c(c1)c(-c1ccccc1)c(-c1ccccc1)n2-c1ccccn1.